The van der Waals surface area contributed by atoms with Gasteiger partial charge in [-0.05, 0) is 41.0 Å². The van der Waals surface area contributed by atoms with Gasteiger partial charge in [-0.15, -0.1) is 0 Å². The number of hydrogen-bond donors (Lipinski definition) is 1. The van der Waals surface area contributed by atoms with E-state index in [0.717, 1.165) is 16.7 Å². The number of carbonyl (C=O) groups is 1. The number of carbonyl (C=O) groups excluding carboxylic acids is 1. The molecule has 0 atom stereocenters. The van der Waals surface area contributed by atoms with Gasteiger partial charge in [0, 0.05) is 5.56 Å². The van der Waals surface area contributed by atoms with E-state index in [1.54, 1.807) is 30.3 Å². The van der Waals surface area contributed by atoms with E-state index < -0.39 is 0 Å². The first kappa shape index (κ1) is 17.2. The van der Waals surface area contributed by atoms with Crippen LogP contribution in [-0.4, -0.2) is 12.1 Å². The summed E-state index contributed by atoms with van der Waals surface area (Å²) in [6.07, 6.45) is 1.51. The summed E-state index contributed by atoms with van der Waals surface area (Å²) in [5.41, 5.74) is 5.93. The molecule has 0 aliphatic rings. The smallest absolute Gasteiger partial charge is 0.267 e. The molecule has 3 nitrogen and oxygen atoms in total. The van der Waals surface area contributed by atoms with Gasteiger partial charge in [-0.2, -0.15) is 5.10 Å². The average Bonchev–Trinajstić information content (AvgIpc) is 2.65. The van der Waals surface area contributed by atoms with Gasteiger partial charge in [0.15, 0.2) is 0 Å². The van der Waals surface area contributed by atoms with Gasteiger partial charge in [0.1, 0.15) is 0 Å². The molecule has 0 aliphatic carbocycles. The third-order valence-corrected chi connectivity index (χ3v) is 4.32. The lowest BCUT2D eigenvalue weighted by atomic mass is 10.0. The lowest BCUT2D eigenvalue weighted by molar-refractivity contribution is 0.0955. The second kappa shape index (κ2) is 7.97. The van der Waals surface area contributed by atoms with Crippen LogP contribution in [0.4, 0.5) is 0 Å². The van der Waals surface area contributed by atoms with E-state index in [2.05, 4.69) is 10.5 Å². The van der Waals surface area contributed by atoms with E-state index in [4.69, 9.17) is 23.2 Å². The molecule has 124 valence electrons. The highest BCUT2D eigenvalue weighted by Crippen LogP contribution is 2.22. The van der Waals surface area contributed by atoms with Gasteiger partial charge >= 0.3 is 0 Å². The standard InChI is InChI=1S/C20H14Cl2N2O/c21-18-11-6-14(12-19(18)22)13-23-24-20(25)17-9-7-16(8-10-17)15-4-2-1-3-5-15/h1-13H,(H,24,25). The molecule has 0 heterocycles. The highest BCUT2D eigenvalue weighted by Gasteiger charge is 2.05. The van der Waals surface area contributed by atoms with Crippen molar-refractivity contribution in [2.45, 2.75) is 0 Å². The molecule has 3 aromatic carbocycles. The second-order valence-corrected chi connectivity index (χ2v) is 6.13. The lowest BCUT2D eigenvalue weighted by Crippen LogP contribution is -2.17. The van der Waals surface area contributed by atoms with Crippen LogP contribution >= 0.6 is 23.2 Å². The summed E-state index contributed by atoms with van der Waals surface area (Å²) in [6, 6.07) is 22.5. The van der Waals surface area contributed by atoms with Crippen molar-refractivity contribution in [1.29, 1.82) is 0 Å². The van der Waals surface area contributed by atoms with Gasteiger partial charge in [-0.1, -0.05) is 71.7 Å². The fourth-order valence-corrected chi connectivity index (χ4v) is 2.57. The molecule has 0 radical (unpaired) electrons. The maximum atomic E-state index is 12.1. The van der Waals surface area contributed by atoms with Crippen LogP contribution in [0.25, 0.3) is 11.1 Å². The number of nitrogens with one attached hydrogen (secondary N) is 1. The molecule has 0 aliphatic heterocycles. The van der Waals surface area contributed by atoms with Crippen molar-refractivity contribution < 1.29 is 4.79 Å². The summed E-state index contributed by atoms with van der Waals surface area (Å²) in [5, 5.41) is 4.85. The highest BCUT2D eigenvalue weighted by molar-refractivity contribution is 6.42. The Morgan fingerprint density at radius 3 is 2.20 bits per heavy atom. The predicted molar refractivity (Wildman–Crippen MR) is 103 cm³/mol. The third kappa shape index (κ3) is 4.47. The maximum absolute atomic E-state index is 12.1. The van der Waals surface area contributed by atoms with Gasteiger partial charge < -0.3 is 0 Å². The number of rotatable bonds is 4. The van der Waals surface area contributed by atoms with Crippen LogP contribution in [0.1, 0.15) is 15.9 Å². The fraction of sp³-hybridized carbons (Fsp3) is 0. The summed E-state index contributed by atoms with van der Waals surface area (Å²) in [5.74, 6) is -0.282. The molecule has 0 saturated heterocycles. The Labute approximate surface area is 155 Å². The van der Waals surface area contributed by atoms with E-state index in [0.29, 0.717) is 15.6 Å². The zero-order valence-electron chi connectivity index (χ0n) is 13.1. The highest BCUT2D eigenvalue weighted by atomic mass is 35.5. The van der Waals surface area contributed by atoms with Crippen LogP contribution in [0.3, 0.4) is 0 Å². The van der Waals surface area contributed by atoms with E-state index in [1.807, 2.05) is 42.5 Å². The van der Waals surface area contributed by atoms with E-state index >= 15 is 0 Å². The van der Waals surface area contributed by atoms with E-state index in [-0.39, 0.29) is 5.91 Å². The summed E-state index contributed by atoms with van der Waals surface area (Å²) in [7, 11) is 0. The van der Waals surface area contributed by atoms with Crippen molar-refractivity contribution in [3.05, 3.63) is 94.0 Å². The number of halogens is 2. The Hall–Kier alpha value is -2.62. The Balaban J connectivity index is 1.65. The molecule has 1 N–H and O–H groups in total. The van der Waals surface area contributed by atoms with E-state index in [9.17, 15) is 4.79 Å². The van der Waals surface area contributed by atoms with Crippen molar-refractivity contribution in [2.75, 3.05) is 0 Å². The van der Waals surface area contributed by atoms with Crippen molar-refractivity contribution in [2.24, 2.45) is 5.10 Å². The first-order valence-corrected chi connectivity index (χ1v) is 8.33. The number of hydrogen-bond acceptors (Lipinski definition) is 2. The summed E-state index contributed by atoms with van der Waals surface area (Å²) < 4.78 is 0. The second-order valence-electron chi connectivity index (χ2n) is 5.32. The summed E-state index contributed by atoms with van der Waals surface area (Å²) >= 11 is 11.8. The number of benzene rings is 3. The van der Waals surface area contributed by atoms with Crippen molar-refractivity contribution in [1.82, 2.24) is 5.43 Å². The molecule has 3 rings (SSSR count). The quantitative estimate of drug-likeness (QED) is 0.484. The molecule has 0 spiro atoms. The Bertz CT molecular complexity index is 907. The van der Waals surface area contributed by atoms with Gasteiger partial charge in [0.05, 0.1) is 16.3 Å². The minimum absolute atomic E-state index is 0.282. The monoisotopic (exact) mass is 368 g/mol. The van der Waals surface area contributed by atoms with Crippen molar-refractivity contribution >= 4 is 35.3 Å². The predicted octanol–water partition coefficient (Wildman–Crippen LogP) is 5.42. The van der Waals surface area contributed by atoms with Gasteiger partial charge in [0.2, 0.25) is 0 Å². The minimum atomic E-state index is -0.282. The SMILES string of the molecule is O=C(NN=Cc1ccc(Cl)c(Cl)c1)c1ccc(-c2ccccc2)cc1. The molecule has 0 unspecified atom stereocenters. The van der Waals surface area contributed by atoms with Crippen LogP contribution in [0, 0.1) is 0 Å². The molecule has 3 aromatic rings. The Morgan fingerprint density at radius 2 is 1.52 bits per heavy atom. The van der Waals surface area contributed by atoms with Crippen LogP contribution in [0.5, 0.6) is 0 Å². The molecule has 1 amide bonds. The largest absolute Gasteiger partial charge is 0.271 e. The first-order chi connectivity index (χ1) is 12.1. The van der Waals surface area contributed by atoms with Crippen molar-refractivity contribution in [3.8, 4) is 11.1 Å². The zero-order valence-corrected chi connectivity index (χ0v) is 14.6. The van der Waals surface area contributed by atoms with Crippen LogP contribution in [0.15, 0.2) is 77.9 Å². The normalized spacial score (nSPS) is 10.8. The number of amides is 1. The lowest BCUT2D eigenvalue weighted by Gasteiger charge is -2.04. The number of nitrogens with zero attached hydrogens (tertiary/aromatic N) is 1. The molecule has 25 heavy (non-hydrogen) atoms. The van der Waals surface area contributed by atoms with Crippen LogP contribution in [0.2, 0.25) is 10.0 Å². The topological polar surface area (TPSA) is 41.5 Å². The fourth-order valence-electron chi connectivity index (χ4n) is 2.27. The summed E-state index contributed by atoms with van der Waals surface area (Å²) in [6.45, 7) is 0. The molecule has 0 aromatic heterocycles. The molecular weight excluding hydrogens is 355 g/mol. The van der Waals surface area contributed by atoms with Crippen LogP contribution < -0.4 is 5.43 Å². The van der Waals surface area contributed by atoms with Gasteiger partial charge in [0.25, 0.3) is 5.91 Å². The summed E-state index contributed by atoms with van der Waals surface area (Å²) in [4.78, 5) is 12.1. The third-order valence-electron chi connectivity index (χ3n) is 3.58. The first-order valence-electron chi connectivity index (χ1n) is 7.57. The molecule has 0 bridgehead atoms. The Morgan fingerprint density at radius 1 is 0.840 bits per heavy atom. The average molecular weight is 369 g/mol. The molecule has 0 saturated carbocycles. The molecule has 5 heteroatoms. The number of hydrazone groups is 1. The van der Waals surface area contributed by atoms with Crippen LogP contribution in [-0.2, 0) is 0 Å². The molecule has 0 fully saturated rings. The maximum Gasteiger partial charge on any atom is 0.271 e. The minimum Gasteiger partial charge on any atom is -0.267 e. The Kier molecular flexibility index (Phi) is 5.49. The zero-order chi connectivity index (χ0) is 17.6. The van der Waals surface area contributed by atoms with Gasteiger partial charge in [-0.25, -0.2) is 5.43 Å². The molecular formula is C20H14Cl2N2O. The van der Waals surface area contributed by atoms with Crippen molar-refractivity contribution in [3.63, 3.8) is 0 Å². The van der Waals surface area contributed by atoms with E-state index in [1.165, 1.54) is 6.21 Å². The van der Waals surface area contributed by atoms with Gasteiger partial charge in [-0.3, -0.25) is 4.79 Å².